The summed E-state index contributed by atoms with van der Waals surface area (Å²) in [6, 6.07) is 5.59. The summed E-state index contributed by atoms with van der Waals surface area (Å²) in [5.41, 5.74) is 0.654. The number of likely N-dealkylation sites (N-methyl/N-ethyl adjacent to an activating group) is 1. The lowest BCUT2D eigenvalue weighted by molar-refractivity contribution is 0.417. The fourth-order valence-electron chi connectivity index (χ4n) is 2.00. The fraction of sp³-hybridized carbons (Fsp3) is 0.286. The van der Waals surface area contributed by atoms with Gasteiger partial charge in [0, 0.05) is 24.9 Å². The molecular formula is C14H15N5O2. The van der Waals surface area contributed by atoms with Gasteiger partial charge in [-0.2, -0.15) is 4.98 Å². The third-order valence-corrected chi connectivity index (χ3v) is 3.29. The van der Waals surface area contributed by atoms with Gasteiger partial charge in [0.1, 0.15) is 11.2 Å². The minimum Gasteiger partial charge on any atom is -0.334 e. The fourth-order valence-corrected chi connectivity index (χ4v) is 2.00. The van der Waals surface area contributed by atoms with Crippen LogP contribution >= 0.6 is 0 Å². The normalized spacial score (nSPS) is 12.7. The maximum absolute atomic E-state index is 12.4. The number of nitrogens with one attached hydrogen (secondary N) is 1. The van der Waals surface area contributed by atoms with Gasteiger partial charge in [0.05, 0.1) is 0 Å². The van der Waals surface area contributed by atoms with Crippen LogP contribution in [0.2, 0.25) is 0 Å². The lowest BCUT2D eigenvalue weighted by atomic mass is 10.2. The SMILES string of the molecule is CNC(C)Cc1noc(-c2cnc3ccccn3c2=O)n1. The van der Waals surface area contributed by atoms with Gasteiger partial charge >= 0.3 is 0 Å². The largest absolute Gasteiger partial charge is 0.334 e. The van der Waals surface area contributed by atoms with Gasteiger partial charge in [0.2, 0.25) is 0 Å². The Balaban J connectivity index is 2.01. The van der Waals surface area contributed by atoms with Crippen molar-refractivity contribution in [2.45, 2.75) is 19.4 Å². The highest BCUT2D eigenvalue weighted by Crippen LogP contribution is 2.13. The predicted octanol–water partition coefficient (Wildman–Crippen LogP) is 0.895. The van der Waals surface area contributed by atoms with Crippen molar-refractivity contribution in [3.8, 4) is 11.5 Å². The highest BCUT2D eigenvalue weighted by Gasteiger charge is 2.15. The third kappa shape index (κ3) is 2.55. The van der Waals surface area contributed by atoms with Gasteiger partial charge in [0.15, 0.2) is 5.82 Å². The topological polar surface area (TPSA) is 85.3 Å². The van der Waals surface area contributed by atoms with E-state index in [1.54, 1.807) is 18.3 Å². The zero-order valence-corrected chi connectivity index (χ0v) is 11.8. The average molecular weight is 285 g/mol. The molecule has 0 amide bonds. The van der Waals surface area contributed by atoms with E-state index in [0.717, 1.165) is 0 Å². The molecule has 21 heavy (non-hydrogen) atoms. The molecule has 108 valence electrons. The van der Waals surface area contributed by atoms with Gasteiger partial charge in [-0.1, -0.05) is 11.2 Å². The molecule has 0 aromatic carbocycles. The first-order valence-corrected chi connectivity index (χ1v) is 6.65. The second-order valence-electron chi connectivity index (χ2n) is 4.82. The van der Waals surface area contributed by atoms with E-state index in [2.05, 4.69) is 20.4 Å². The van der Waals surface area contributed by atoms with E-state index in [0.29, 0.717) is 23.5 Å². The Morgan fingerprint density at radius 3 is 3.10 bits per heavy atom. The van der Waals surface area contributed by atoms with Crippen molar-refractivity contribution in [2.75, 3.05) is 7.05 Å². The highest BCUT2D eigenvalue weighted by atomic mass is 16.5. The molecule has 0 saturated heterocycles. The number of hydrogen-bond acceptors (Lipinski definition) is 6. The first kappa shape index (κ1) is 13.4. The molecule has 0 aliphatic carbocycles. The standard InChI is InChI=1S/C14H15N5O2/c1-9(15-2)7-11-17-13(21-18-11)10-8-16-12-5-3-4-6-19(12)14(10)20/h3-6,8-9,15H,7H2,1-2H3. The van der Waals surface area contributed by atoms with Gasteiger partial charge in [-0.3, -0.25) is 9.20 Å². The molecular weight excluding hydrogens is 270 g/mol. The molecule has 0 bridgehead atoms. The van der Waals surface area contributed by atoms with Crippen molar-refractivity contribution in [3.63, 3.8) is 0 Å². The van der Waals surface area contributed by atoms with E-state index in [1.165, 1.54) is 10.6 Å². The quantitative estimate of drug-likeness (QED) is 0.766. The van der Waals surface area contributed by atoms with E-state index >= 15 is 0 Å². The Morgan fingerprint density at radius 2 is 2.29 bits per heavy atom. The lowest BCUT2D eigenvalue weighted by Crippen LogP contribution is -2.24. The molecule has 1 unspecified atom stereocenters. The number of nitrogens with zero attached hydrogens (tertiary/aromatic N) is 4. The van der Waals surface area contributed by atoms with Crippen molar-refractivity contribution >= 4 is 5.65 Å². The molecule has 0 radical (unpaired) electrons. The van der Waals surface area contributed by atoms with Crippen LogP contribution in [-0.2, 0) is 6.42 Å². The summed E-state index contributed by atoms with van der Waals surface area (Å²) < 4.78 is 6.64. The van der Waals surface area contributed by atoms with E-state index in [9.17, 15) is 4.79 Å². The van der Waals surface area contributed by atoms with E-state index in [4.69, 9.17) is 4.52 Å². The summed E-state index contributed by atoms with van der Waals surface area (Å²) in [7, 11) is 1.87. The molecule has 3 rings (SSSR count). The van der Waals surface area contributed by atoms with Crippen LogP contribution < -0.4 is 10.9 Å². The van der Waals surface area contributed by atoms with Crippen molar-refractivity contribution in [1.29, 1.82) is 0 Å². The summed E-state index contributed by atoms with van der Waals surface area (Å²) in [5, 5.41) is 7.00. The molecule has 1 atom stereocenters. The van der Waals surface area contributed by atoms with Crippen LogP contribution in [0, 0.1) is 0 Å². The van der Waals surface area contributed by atoms with E-state index in [-0.39, 0.29) is 17.5 Å². The van der Waals surface area contributed by atoms with E-state index in [1.807, 2.05) is 20.0 Å². The molecule has 0 aliphatic heterocycles. The Hall–Kier alpha value is -2.54. The molecule has 1 N–H and O–H groups in total. The monoisotopic (exact) mass is 285 g/mol. The maximum Gasteiger partial charge on any atom is 0.270 e. The van der Waals surface area contributed by atoms with E-state index < -0.39 is 0 Å². The minimum absolute atomic E-state index is 0.198. The minimum atomic E-state index is -0.225. The van der Waals surface area contributed by atoms with Crippen LogP contribution in [0.4, 0.5) is 0 Å². The number of rotatable bonds is 4. The van der Waals surface area contributed by atoms with Crippen molar-refractivity contribution < 1.29 is 4.52 Å². The second-order valence-corrected chi connectivity index (χ2v) is 4.82. The molecule has 0 saturated carbocycles. The Bertz CT molecular complexity index is 823. The second kappa shape index (κ2) is 5.45. The molecule has 3 heterocycles. The molecule has 0 aliphatic rings. The molecule has 0 spiro atoms. The van der Waals surface area contributed by atoms with Crippen molar-refractivity contribution in [1.82, 2.24) is 24.8 Å². The summed E-state index contributed by atoms with van der Waals surface area (Å²) in [5.74, 6) is 0.758. The first-order chi connectivity index (χ1) is 10.2. The summed E-state index contributed by atoms with van der Waals surface area (Å²) in [6.07, 6.45) is 3.76. The summed E-state index contributed by atoms with van der Waals surface area (Å²) >= 11 is 0. The number of pyridine rings is 1. The maximum atomic E-state index is 12.4. The number of aromatic nitrogens is 4. The van der Waals surface area contributed by atoms with Crippen LogP contribution in [0.15, 0.2) is 39.9 Å². The zero-order chi connectivity index (χ0) is 14.8. The van der Waals surface area contributed by atoms with Gasteiger partial charge in [-0.25, -0.2) is 4.98 Å². The van der Waals surface area contributed by atoms with Gasteiger partial charge in [0.25, 0.3) is 11.4 Å². The number of hydrogen-bond donors (Lipinski definition) is 1. The van der Waals surface area contributed by atoms with Crippen LogP contribution in [0.3, 0.4) is 0 Å². The number of fused-ring (bicyclic) bond motifs is 1. The van der Waals surface area contributed by atoms with Gasteiger partial charge in [-0.15, -0.1) is 0 Å². The molecule has 3 aromatic heterocycles. The van der Waals surface area contributed by atoms with Crippen molar-refractivity contribution in [3.05, 3.63) is 46.8 Å². The summed E-state index contributed by atoms with van der Waals surface area (Å²) in [6.45, 7) is 2.02. The predicted molar refractivity (Wildman–Crippen MR) is 77.0 cm³/mol. The van der Waals surface area contributed by atoms with Gasteiger partial charge < -0.3 is 9.84 Å². The highest BCUT2D eigenvalue weighted by molar-refractivity contribution is 5.53. The van der Waals surface area contributed by atoms with Crippen LogP contribution in [0.25, 0.3) is 17.1 Å². The molecule has 7 heteroatoms. The Kier molecular flexibility index (Phi) is 3.49. The van der Waals surface area contributed by atoms with Gasteiger partial charge in [-0.05, 0) is 26.1 Å². The zero-order valence-electron chi connectivity index (χ0n) is 11.8. The summed E-state index contributed by atoms with van der Waals surface area (Å²) in [4.78, 5) is 20.9. The molecule has 7 nitrogen and oxygen atoms in total. The lowest BCUT2D eigenvalue weighted by Gasteiger charge is -2.04. The van der Waals surface area contributed by atoms with Crippen LogP contribution in [0.5, 0.6) is 0 Å². The average Bonchev–Trinajstić information content (AvgIpc) is 2.96. The third-order valence-electron chi connectivity index (χ3n) is 3.29. The van der Waals surface area contributed by atoms with Crippen molar-refractivity contribution in [2.24, 2.45) is 0 Å². The molecule has 3 aromatic rings. The Morgan fingerprint density at radius 1 is 1.43 bits per heavy atom. The van der Waals surface area contributed by atoms with Crippen LogP contribution in [0.1, 0.15) is 12.7 Å². The molecule has 0 fully saturated rings. The first-order valence-electron chi connectivity index (χ1n) is 6.65. The smallest absolute Gasteiger partial charge is 0.270 e. The van der Waals surface area contributed by atoms with Crippen LogP contribution in [-0.4, -0.2) is 32.6 Å². The Labute approximate surface area is 120 Å².